The van der Waals surface area contributed by atoms with Crippen molar-refractivity contribution >= 4 is 15.9 Å². The fraction of sp³-hybridized carbons (Fsp3) is 0.250. The summed E-state index contributed by atoms with van der Waals surface area (Å²) in [4.78, 5) is 0. The summed E-state index contributed by atoms with van der Waals surface area (Å²) in [5.41, 5.74) is 8.99. The van der Waals surface area contributed by atoms with Crippen molar-refractivity contribution in [3.63, 3.8) is 0 Å². The van der Waals surface area contributed by atoms with Crippen molar-refractivity contribution in [1.82, 2.24) is 9.78 Å². The third kappa shape index (κ3) is 2.33. The van der Waals surface area contributed by atoms with Crippen LogP contribution in [0.15, 0.2) is 34.9 Å². The molecule has 4 heteroatoms. The minimum atomic E-state index is 0.626. The second-order valence-corrected chi connectivity index (χ2v) is 4.62. The summed E-state index contributed by atoms with van der Waals surface area (Å²) in [6.45, 7) is 0.626. The highest BCUT2D eigenvalue weighted by atomic mass is 79.9. The van der Waals surface area contributed by atoms with Crippen molar-refractivity contribution in [1.29, 1.82) is 0 Å². The molecule has 0 saturated heterocycles. The van der Waals surface area contributed by atoms with Crippen LogP contribution in [0.3, 0.4) is 0 Å². The maximum absolute atomic E-state index is 5.58. The highest BCUT2D eigenvalue weighted by molar-refractivity contribution is 9.10. The van der Waals surface area contributed by atoms with Crippen molar-refractivity contribution in [2.75, 3.05) is 6.54 Å². The van der Waals surface area contributed by atoms with Gasteiger partial charge in [-0.05, 0) is 24.2 Å². The Hall–Kier alpha value is -1.13. The van der Waals surface area contributed by atoms with Crippen molar-refractivity contribution < 1.29 is 0 Å². The average molecular weight is 280 g/mol. The Labute approximate surface area is 103 Å². The van der Waals surface area contributed by atoms with Crippen molar-refractivity contribution in [3.8, 4) is 11.1 Å². The van der Waals surface area contributed by atoms with Gasteiger partial charge in [-0.3, -0.25) is 4.68 Å². The highest BCUT2D eigenvalue weighted by Gasteiger charge is 2.08. The highest BCUT2D eigenvalue weighted by Crippen LogP contribution is 2.24. The summed E-state index contributed by atoms with van der Waals surface area (Å²) in [5, 5.41) is 4.42. The van der Waals surface area contributed by atoms with Crippen molar-refractivity contribution in [3.05, 3.63) is 40.6 Å². The predicted octanol–water partition coefficient (Wildman–Crippen LogP) is 2.35. The fourth-order valence-electron chi connectivity index (χ4n) is 1.73. The minimum Gasteiger partial charge on any atom is -0.330 e. The summed E-state index contributed by atoms with van der Waals surface area (Å²) in [6.07, 6.45) is 2.85. The Morgan fingerprint density at radius 1 is 1.31 bits per heavy atom. The van der Waals surface area contributed by atoms with Gasteiger partial charge in [0.1, 0.15) is 0 Å². The first-order valence-electron chi connectivity index (χ1n) is 5.19. The van der Waals surface area contributed by atoms with Gasteiger partial charge in [0.2, 0.25) is 0 Å². The normalized spacial score (nSPS) is 10.7. The van der Waals surface area contributed by atoms with E-state index in [0.717, 1.165) is 16.6 Å². The van der Waals surface area contributed by atoms with E-state index in [1.54, 1.807) is 0 Å². The standard InChI is InChI=1S/C12H14BrN3/c1-16-8-11(12(15-16)6-7-14)9-2-4-10(13)5-3-9/h2-5,8H,6-7,14H2,1H3. The summed E-state index contributed by atoms with van der Waals surface area (Å²) >= 11 is 3.43. The molecule has 2 rings (SSSR count). The zero-order valence-electron chi connectivity index (χ0n) is 9.15. The SMILES string of the molecule is Cn1cc(-c2ccc(Br)cc2)c(CCN)n1. The molecule has 1 aromatic heterocycles. The molecular formula is C12H14BrN3. The van der Waals surface area contributed by atoms with Gasteiger partial charge in [-0.2, -0.15) is 5.10 Å². The molecule has 0 saturated carbocycles. The maximum atomic E-state index is 5.58. The van der Waals surface area contributed by atoms with Crippen LogP contribution >= 0.6 is 15.9 Å². The maximum Gasteiger partial charge on any atom is 0.0715 e. The van der Waals surface area contributed by atoms with Crippen LogP contribution in [0.5, 0.6) is 0 Å². The number of hydrogen-bond donors (Lipinski definition) is 1. The Morgan fingerprint density at radius 2 is 2.00 bits per heavy atom. The smallest absolute Gasteiger partial charge is 0.0715 e. The summed E-state index contributed by atoms with van der Waals surface area (Å²) < 4.78 is 2.92. The molecule has 84 valence electrons. The largest absolute Gasteiger partial charge is 0.330 e. The zero-order chi connectivity index (χ0) is 11.5. The lowest BCUT2D eigenvalue weighted by Gasteiger charge is -2.01. The number of aromatic nitrogens is 2. The van der Waals surface area contributed by atoms with Crippen LogP contribution < -0.4 is 5.73 Å². The predicted molar refractivity (Wildman–Crippen MR) is 69.1 cm³/mol. The molecule has 1 heterocycles. The number of nitrogens with two attached hydrogens (primary N) is 1. The fourth-order valence-corrected chi connectivity index (χ4v) is 1.99. The van der Waals surface area contributed by atoms with Gasteiger partial charge in [0, 0.05) is 29.7 Å². The van der Waals surface area contributed by atoms with Gasteiger partial charge in [0.25, 0.3) is 0 Å². The van der Waals surface area contributed by atoms with E-state index in [9.17, 15) is 0 Å². The first-order chi connectivity index (χ1) is 7.70. The lowest BCUT2D eigenvalue weighted by molar-refractivity contribution is 0.739. The number of halogens is 1. The van der Waals surface area contributed by atoms with Crippen LogP contribution in [-0.4, -0.2) is 16.3 Å². The molecule has 0 amide bonds. The number of nitrogens with zero attached hydrogens (tertiary/aromatic N) is 2. The third-order valence-corrected chi connectivity index (χ3v) is 2.97. The number of aryl methyl sites for hydroxylation is 1. The van der Waals surface area contributed by atoms with E-state index in [-0.39, 0.29) is 0 Å². The van der Waals surface area contributed by atoms with Gasteiger partial charge < -0.3 is 5.73 Å². The van der Waals surface area contributed by atoms with Gasteiger partial charge in [0.15, 0.2) is 0 Å². The first-order valence-corrected chi connectivity index (χ1v) is 5.98. The molecule has 0 unspecified atom stereocenters. The monoisotopic (exact) mass is 279 g/mol. The third-order valence-electron chi connectivity index (χ3n) is 2.44. The molecular weight excluding hydrogens is 266 g/mol. The summed E-state index contributed by atoms with van der Waals surface area (Å²) in [7, 11) is 1.93. The molecule has 0 aliphatic carbocycles. The van der Waals surface area contributed by atoms with Gasteiger partial charge in [-0.25, -0.2) is 0 Å². The van der Waals surface area contributed by atoms with E-state index in [0.29, 0.717) is 6.54 Å². The lowest BCUT2D eigenvalue weighted by Crippen LogP contribution is -2.04. The zero-order valence-corrected chi connectivity index (χ0v) is 10.7. The minimum absolute atomic E-state index is 0.626. The molecule has 0 radical (unpaired) electrons. The summed E-state index contributed by atoms with van der Waals surface area (Å²) in [5.74, 6) is 0. The number of hydrogen-bond acceptors (Lipinski definition) is 2. The van der Waals surface area contributed by atoms with E-state index in [4.69, 9.17) is 5.73 Å². The molecule has 0 spiro atoms. The van der Waals surface area contributed by atoms with E-state index < -0.39 is 0 Å². The van der Waals surface area contributed by atoms with Crippen LogP contribution in [0.4, 0.5) is 0 Å². The molecule has 0 aliphatic rings. The molecule has 1 aromatic carbocycles. The molecule has 16 heavy (non-hydrogen) atoms. The molecule has 3 nitrogen and oxygen atoms in total. The van der Waals surface area contributed by atoms with Gasteiger partial charge >= 0.3 is 0 Å². The number of benzene rings is 1. The van der Waals surface area contributed by atoms with Crippen molar-refractivity contribution in [2.24, 2.45) is 12.8 Å². The Kier molecular flexibility index (Phi) is 3.41. The topological polar surface area (TPSA) is 43.8 Å². The second-order valence-electron chi connectivity index (χ2n) is 3.71. The van der Waals surface area contributed by atoms with Crippen LogP contribution in [0, 0.1) is 0 Å². The molecule has 0 atom stereocenters. The van der Waals surface area contributed by atoms with Crippen LogP contribution in [-0.2, 0) is 13.5 Å². The van der Waals surface area contributed by atoms with Gasteiger partial charge in [-0.1, -0.05) is 28.1 Å². The van der Waals surface area contributed by atoms with Crippen LogP contribution in [0.2, 0.25) is 0 Å². The second kappa shape index (κ2) is 4.80. The van der Waals surface area contributed by atoms with Gasteiger partial charge in [-0.15, -0.1) is 0 Å². The number of rotatable bonds is 3. The molecule has 0 aliphatic heterocycles. The Morgan fingerprint density at radius 3 is 2.62 bits per heavy atom. The quantitative estimate of drug-likeness (QED) is 0.938. The lowest BCUT2D eigenvalue weighted by atomic mass is 10.1. The molecule has 2 N–H and O–H groups in total. The van der Waals surface area contributed by atoms with Crippen LogP contribution in [0.1, 0.15) is 5.69 Å². The van der Waals surface area contributed by atoms with Crippen molar-refractivity contribution in [2.45, 2.75) is 6.42 Å². The molecule has 2 aromatic rings. The van der Waals surface area contributed by atoms with E-state index in [2.05, 4.69) is 33.2 Å². The van der Waals surface area contributed by atoms with E-state index >= 15 is 0 Å². The molecule has 0 bridgehead atoms. The van der Waals surface area contributed by atoms with Crippen LogP contribution in [0.25, 0.3) is 11.1 Å². The van der Waals surface area contributed by atoms with Gasteiger partial charge in [0.05, 0.1) is 5.69 Å². The Balaban J connectivity index is 2.42. The summed E-state index contributed by atoms with van der Waals surface area (Å²) in [6, 6.07) is 8.24. The van der Waals surface area contributed by atoms with E-state index in [1.165, 1.54) is 11.1 Å². The average Bonchev–Trinajstić information content (AvgIpc) is 2.61. The first kappa shape index (κ1) is 11.4. The van der Waals surface area contributed by atoms with E-state index in [1.807, 2.05) is 30.1 Å². The molecule has 0 fully saturated rings. The Bertz CT molecular complexity index is 474.